The second-order valence-electron chi connectivity index (χ2n) is 6.91. The van der Waals surface area contributed by atoms with Gasteiger partial charge in [0.15, 0.2) is 11.6 Å². The van der Waals surface area contributed by atoms with Crippen molar-refractivity contribution in [3.05, 3.63) is 53.7 Å². The summed E-state index contributed by atoms with van der Waals surface area (Å²) in [4.78, 5) is 9.06. The van der Waals surface area contributed by atoms with Crippen LogP contribution in [0.4, 0.5) is 17.3 Å². The lowest BCUT2D eigenvalue weighted by Gasteiger charge is -2.15. The lowest BCUT2D eigenvalue weighted by Crippen LogP contribution is -2.04. The molecule has 0 fully saturated rings. The summed E-state index contributed by atoms with van der Waals surface area (Å²) in [6.07, 6.45) is 1.67. The van der Waals surface area contributed by atoms with Gasteiger partial charge in [-0.25, -0.2) is 9.97 Å². The molecule has 1 aromatic heterocycles. The van der Waals surface area contributed by atoms with E-state index in [2.05, 4.69) is 36.3 Å². The van der Waals surface area contributed by atoms with Gasteiger partial charge in [-0.05, 0) is 54.3 Å². The maximum Gasteiger partial charge on any atom is 0.174 e. The Morgan fingerprint density at radius 3 is 2.46 bits per heavy atom. The van der Waals surface area contributed by atoms with Gasteiger partial charge >= 0.3 is 0 Å². The Hall–Kier alpha value is -3.28. The molecular weight excluding hydrogens is 352 g/mol. The van der Waals surface area contributed by atoms with E-state index in [0.717, 1.165) is 28.3 Å². The molecule has 6 heteroatoms. The van der Waals surface area contributed by atoms with E-state index < -0.39 is 0 Å². The number of aryl methyl sites for hydroxylation is 1. The number of benzene rings is 2. The minimum Gasteiger partial charge on any atom is -0.497 e. The van der Waals surface area contributed by atoms with E-state index in [-0.39, 0.29) is 0 Å². The molecule has 0 unspecified atom stereocenters. The minimum absolute atomic E-state index is 0.331. The molecule has 3 aromatic rings. The van der Waals surface area contributed by atoms with Crippen LogP contribution in [0.2, 0.25) is 0 Å². The second kappa shape index (κ2) is 8.17. The van der Waals surface area contributed by atoms with Gasteiger partial charge < -0.3 is 20.5 Å². The molecule has 146 valence electrons. The highest BCUT2D eigenvalue weighted by Crippen LogP contribution is 2.34. The van der Waals surface area contributed by atoms with E-state index in [0.29, 0.717) is 23.2 Å². The van der Waals surface area contributed by atoms with Gasteiger partial charge in [0.2, 0.25) is 0 Å². The largest absolute Gasteiger partial charge is 0.497 e. The van der Waals surface area contributed by atoms with Crippen LogP contribution in [0.25, 0.3) is 11.3 Å². The number of methoxy groups -OCH3 is 2. The molecule has 2 aromatic carbocycles. The molecule has 0 spiro atoms. The van der Waals surface area contributed by atoms with Crippen LogP contribution in [0.15, 0.2) is 42.6 Å². The number of nitrogens with zero attached hydrogens (tertiary/aromatic N) is 2. The van der Waals surface area contributed by atoms with E-state index in [1.807, 2.05) is 31.2 Å². The van der Waals surface area contributed by atoms with Crippen molar-refractivity contribution in [2.24, 2.45) is 0 Å². The molecule has 6 nitrogen and oxygen atoms in total. The van der Waals surface area contributed by atoms with Crippen molar-refractivity contribution in [1.82, 2.24) is 9.97 Å². The predicted molar refractivity (Wildman–Crippen MR) is 114 cm³/mol. The van der Waals surface area contributed by atoms with Gasteiger partial charge in [-0.3, -0.25) is 0 Å². The third-order valence-electron chi connectivity index (χ3n) is 4.65. The van der Waals surface area contributed by atoms with E-state index in [9.17, 15) is 0 Å². The van der Waals surface area contributed by atoms with Crippen molar-refractivity contribution in [3.8, 4) is 22.8 Å². The van der Waals surface area contributed by atoms with Crippen LogP contribution >= 0.6 is 0 Å². The fourth-order valence-corrected chi connectivity index (χ4v) is 2.94. The van der Waals surface area contributed by atoms with Crippen LogP contribution in [0.3, 0.4) is 0 Å². The highest BCUT2D eigenvalue weighted by atomic mass is 16.5. The summed E-state index contributed by atoms with van der Waals surface area (Å²) in [5.41, 5.74) is 10.8. The van der Waals surface area contributed by atoms with Crippen molar-refractivity contribution >= 4 is 17.3 Å². The Bertz CT molecular complexity index is 986. The number of aromatic nitrogens is 2. The minimum atomic E-state index is 0.331. The lowest BCUT2D eigenvalue weighted by atomic mass is 9.99. The summed E-state index contributed by atoms with van der Waals surface area (Å²) < 4.78 is 10.8. The zero-order valence-electron chi connectivity index (χ0n) is 16.9. The molecule has 0 aliphatic rings. The molecule has 0 amide bonds. The lowest BCUT2D eigenvalue weighted by molar-refractivity contribution is 0.414. The molecule has 1 heterocycles. The first kappa shape index (κ1) is 19.5. The maximum atomic E-state index is 6.08. The van der Waals surface area contributed by atoms with E-state index in [1.54, 1.807) is 20.4 Å². The number of anilines is 3. The fraction of sp³-hybridized carbons (Fsp3) is 0.273. The summed E-state index contributed by atoms with van der Waals surface area (Å²) >= 11 is 0. The Balaban J connectivity index is 2.02. The Morgan fingerprint density at radius 2 is 1.82 bits per heavy atom. The number of nitrogen functional groups attached to an aromatic ring is 1. The molecule has 28 heavy (non-hydrogen) atoms. The van der Waals surface area contributed by atoms with Crippen molar-refractivity contribution < 1.29 is 9.47 Å². The number of nitrogens with two attached hydrogens (primary N) is 1. The molecule has 0 aliphatic carbocycles. The van der Waals surface area contributed by atoms with Crippen molar-refractivity contribution in [2.75, 3.05) is 25.3 Å². The number of hydrogen-bond donors (Lipinski definition) is 2. The smallest absolute Gasteiger partial charge is 0.174 e. The summed E-state index contributed by atoms with van der Waals surface area (Å²) in [5.74, 6) is 2.77. The van der Waals surface area contributed by atoms with Gasteiger partial charge in [0, 0.05) is 11.3 Å². The van der Waals surface area contributed by atoms with Crippen LogP contribution in [0.5, 0.6) is 11.5 Å². The molecule has 0 atom stereocenters. The van der Waals surface area contributed by atoms with Crippen molar-refractivity contribution in [3.63, 3.8) is 0 Å². The third kappa shape index (κ3) is 4.01. The highest BCUT2D eigenvalue weighted by molar-refractivity contribution is 5.74. The van der Waals surface area contributed by atoms with Crippen LogP contribution in [0.1, 0.15) is 30.9 Å². The number of nitrogens with one attached hydrogen (secondary N) is 1. The van der Waals surface area contributed by atoms with Gasteiger partial charge in [0.25, 0.3) is 0 Å². The summed E-state index contributed by atoms with van der Waals surface area (Å²) in [6.45, 7) is 6.30. The van der Waals surface area contributed by atoms with Gasteiger partial charge in [-0.1, -0.05) is 19.9 Å². The SMILES string of the molecule is COc1ccc(Nc2nc(-c3cc(C(C)C)ccc3OC)cnc2N)c(C)c1. The van der Waals surface area contributed by atoms with Crippen LogP contribution in [-0.2, 0) is 0 Å². The molecular formula is C22H26N4O2. The molecule has 3 N–H and O–H groups in total. The van der Waals surface area contributed by atoms with E-state index >= 15 is 0 Å². The summed E-state index contributed by atoms with van der Waals surface area (Å²) in [7, 11) is 3.30. The normalized spacial score (nSPS) is 10.8. The standard InChI is InChI=1S/C22H26N4O2/c1-13(2)15-6-9-20(28-5)17(11-15)19-12-24-21(23)22(26-19)25-18-8-7-16(27-4)10-14(18)3/h6-13H,1-5H3,(H2,23,24)(H,25,26). The van der Waals surface area contributed by atoms with Crippen LogP contribution in [0, 0.1) is 6.92 Å². The Labute approximate surface area is 165 Å². The monoisotopic (exact) mass is 378 g/mol. The molecule has 0 saturated carbocycles. The average Bonchev–Trinajstić information content (AvgIpc) is 2.70. The summed E-state index contributed by atoms with van der Waals surface area (Å²) in [6, 6.07) is 11.9. The van der Waals surface area contributed by atoms with Crippen LogP contribution < -0.4 is 20.5 Å². The van der Waals surface area contributed by atoms with Crippen molar-refractivity contribution in [1.29, 1.82) is 0 Å². The molecule has 0 saturated heterocycles. The Morgan fingerprint density at radius 1 is 1.04 bits per heavy atom. The maximum absolute atomic E-state index is 6.08. The zero-order valence-corrected chi connectivity index (χ0v) is 16.9. The van der Waals surface area contributed by atoms with Gasteiger partial charge in [0.05, 0.1) is 26.1 Å². The molecule has 0 bridgehead atoms. The van der Waals surface area contributed by atoms with Crippen molar-refractivity contribution in [2.45, 2.75) is 26.7 Å². The van der Waals surface area contributed by atoms with Gasteiger partial charge in [-0.2, -0.15) is 0 Å². The summed E-state index contributed by atoms with van der Waals surface area (Å²) in [5, 5.41) is 3.28. The quantitative estimate of drug-likeness (QED) is 0.634. The van der Waals surface area contributed by atoms with Crippen LogP contribution in [-0.4, -0.2) is 24.2 Å². The third-order valence-corrected chi connectivity index (χ3v) is 4.65. The predicted octanol–water partition coefficient (Wildman–Crippen LogP) is 4.92. The fourth-order valence-electron chi connectivity index (χ4n) is 2.94. The van der Waals surface area contributed by atoms with Gasteiger partial charge in [-0.15, -0.1) is 0 Å². The topological polar surface area (TPSA) is 82.3 Å². The first-order valence-corrected chi connectivity index (χ1v) is 9.15. The first-order chi connectivity index (χ1) is 13.4. The Kier molecular flexibility index (Phi) is 5.68. The molecule has 3 rings (SSSR count). The first-order valence-electron chi connectivity index (χ1n) is 9.15. The number of hydrogen-bond acceptors (Lipinski definition) is 6. The molecule has 0 radical (unpaired) electrons. The van der Waals surface area contributed by atoms with E-state index in [1.165, 1.54) is 5.56 Å². The average molecular weight is 378 g/mol. The van der Waals surface area contributed by atoms with Gasteiger partial charge in [0.1, 0.15) is 11.5 Å². The van der Waals surface area contributed by atoms with E-state index in [4.69, 9.17) is 20.2 Å². The highest BCUT2D eigenvalue weighted by Gasteiger charge is 2.14. The zero-order chi connectivity index (χ0) is 20.3. The molecule has 0 aliphatic heterocycles. The second-order valence-corrected chi connectivity index (χ2v) is 6.91. The number of rotatable bonds is 6. The number of ether oxygens (including phenoxy) is 2.